The van der Waals surface area contributed by atoms with Crippen LogP contribution >= 0.6 is 0 Å². The van der Waals surface area contributed by atoms with Crippen molar-refractivity contribution in [2.75, 3.05) is 25.4 Å². The Bertz CT molecular complexity index is 756. The molecule has 3 nitrogen and oxygen atoms in total. The summed E-state index contributed by atoms with van der Waals surface area (Å²) in [5, 5.41) is 0. The van der Waals surface area contributed by atoms with E-state index in [1.54, 1.807) is 12.1 Å². The first-order chi connectivity index (χ1) is 13.5. The Morgan fingerprint density at radius 3 is 2.32 bits per heavy atom. The van der Waals surface area contributed by atoms with Gasteiger partial charge in [-0.15, -0.1) is 0 Å². The van der Waals surface area contributed by atoms with E-state index in [4.69, 9.17) is 4.74 Å². The minimum absolute atomic E-state index is 0.0843. The first-order valence-electron chi connectivity index (χ1n) is 10.0. The van der Waals surface area contributed by atoms with Crippen molar-refractivity contribution < 1.29 is 13.3 Å². The molecule has 0 saturated carbocycles. The van der Waals surface area contributed by atoms with Crippen LogP contribution in [0, 0.1) is 5.82 Å². The van der Waals surface area contributed by atoms with Crippen LogP contribution in [0.15, 0.2) is 59.5 Å². The summed E-state index contributed by atoms with van der Waals surface area (Å²) in [6, 6.07) is 16.5. The summed E-state index contributed by atoms with van der Waals surface area (Å²) < 4.78 is 32.4. The van der Waals surface area contributed by atoms with Crippen LogP contribution in [-0.2, 0) is 22.0 Å². The molecule has 0 bridgehead atoms. The van der Waals surface area contributed by atoms with Gasteiger partial charge in [-0.25, -0.2) is 4.39 Å². The molecule has 5 heteroatoms. The zero-order valence-corrected chi connectivity index (χ0v) is 17.6. The SMILES string of the molecule is CC(C)OC1(CS(=O)c2ccc(F)cc2)CCN(CCc2ccccc2)CC1. The fourth-order valence-electron chi connectivity index (χ4n) is 3.82. The standard InChI is InChI=1S/C23H30FNO2S/c1-19(2)27-23(18-28(26)22-10-8-21(24)9-11-22)13-16-25(17-14-23)15-12-20-6-4-3-5-7-20/h3-11,19H,12-18H2,1-2H3. The highest BCUT2D eigenvalue weighted by Gasteiger charge is 2.38. The Labute approximate surface area is 170 Å². The maximum Gasteiger partial charge on any atom is 0.123 e. The Morgan fingerprint density at radius 2 is 1.71 bits per heavy atom. The van der Waals surface area contributed by atoms with Gasteiger partial charge < -0.3 is 9.64 Å². The highest BCUT2D eigenvalue weighted by molar-refractivity contribution is 7.85. The molecule has 1 unspecified atom stereocenters. The summed E-state index contributed by atoms with van der Waals surface area (Å²) >= 11 is 0. The third-order valence-corrected chi connectivity index (χ3v) is 6.87. The fourth-order valence-corrected chi connectivity index (χ4v) is 5.26. The van der Waals surface area contributed by atoms with Gasteiger partial charge in [0.25, 0.3) is 0 Å². The summed E-state index contributed by atoms with van der Waals surface area (Å²) in [6.07, 6.45) is 2.86. The zero-order chi connectivity index (χ0) is 20.0. The van der Waals surface area contributed by atoms with Gasteiger partial charge in [-0.3, -0.25) is 4.21 Å². The second-order valence-electron chi connectivity index (χ2n) is 7.87. The molecule has 0 spiro atoms. The molecule has 1 aliphatic heterocycles. The van der Waals surface area contributed by atoms with E-state index in [2.05, 4.69) is 29.2 Å². The van der Waals surface area contributed by atoms with Gasteiger partial charge in [-0.1, -0.05) is 30.3 Å². The molecule has 0 N–H and O–H groups in total. The molecule has 1 aliphatic rings. The summed E-state index contributed by atoms with van der Waals surface area (Å²) in [4.78, 5) is 3.13. The fraction of sp³-hybridized carbons (Fsp3) is 0.478. The first-order valence-corrected chi connectivity index (χ1v) is 11.4. The van der Waals surface area contributed by atoms with E-state index in [1.807, 2.05) is 19.9 Å². The molecule has 2 aromatic carbocycles. The lowest BCUT2D eigenvalue weighted by molar-refractivity contribution is -0.0967. The van der Waals surface area contributed by atoms with Crippen molar-refractivity contribution in [3.63, 3.8) is 0 Å². The van der Waals surface area contributed by atoms with E-state index in [0.717, 1.165) is 38.9 Å². The van der Waals surface area contributed by atoms with Crippen molar-refractivity contribution in [2.45, 2.75) is 49.7 Å². The van der Waals surface area contributed by atoms with Gasteiger partial charge in [0, 0.05) is 24.5 Å². The zero-order valence-electron chi connectivity index (χ0n) is 16.8. The summed E-state index contributed by atoms with van der Waals surface area (Å²) in [5.74, 6) is 0.157. The highest BCUT2D eigenvalue weighted by Crippen LogP contribution is 2.30. The number of likely N-dealkylation sites (tertiary alicyclic amines) is 1. The molecule has 0 aromatic heterocycles. The average molecular weight is 404 g/mol. The van der Waals surface area contributed by atoms with Gasteiger partial charge in [-0.05, 0) is 62.9 Å². The largest absolute Gasteiger partial charge is 0.371 e. The number of piperidine rings is 1. The van der Waals surface area contributed by atoms with Crippen molar-refractivity contribution >= 4 is 10.8 Å². The van der Waals surface area contributed by atoms with E-state index in [0.29, 0.717) is 10.6 Å². The summed E-state index contributed by atoms with van der Waals surface area (Å²) in [7, 11) is -1.20. The molecule has 2 aromatic rings. The van der Waals surface area contributed by atoms with Gasteiger partial charge in [0.1, 0.15) is 5.82 Å². The number of nitrogens with zero attached hydrogens (tertiary/aromatic N) is 1. The van der Waals surface area contributed by atoms with E-state index < -0.39 is 10.8 Å². The lowest BCUT2D eigenvalue weighted by atomic mass is 9.92. The van der Waals surface area contributed by atoms with Crippen molar-refractivity contribution in [3.8, 4) is 0 Å². The quantitative estimate of drug-likeness (QED) is 0.653. The van der Waals surface area contributed by atoms with Crippen molar-refractivity contribution in [2.24, 2.45) is 0 Å². The minimum atomic E-state index is -1.20. The number of hydrogen-bond acceptors (Lipinski definition) is 3. The molecular weight excluding hydrogens is 373 g/mol. The molecule has 0 aliphatic carbocycles. The maximum absolute atomic E-state index is 13.2. The van der Waals surface area contributed by atoms with Crippen LogP contribution in [0.25, 0.3) is 0 Å². The first kappa shape index (κ1) is 21.2. The normalized spacial score (nSPS) is 18.3. The van der Waals surface area contributed by atoms with E-state index in [1.165, 1.54) is 17.7 Å². The molecule has 3 rings (SSSR count). The van der Waals surface area contributed by atoms with Gasteiger partial charge in [-0.2, -0.15) is 0 Å². The number of hydrogen-bond donors (Lipinski definition) is 0. The number of benzene rings is 2. The third kappa shape index (κ3) is 5.97. The van der Waals surface area contributed by atoms with Gasteiger partial charge in [0.15, 0.2) is 0 Å². The van der Waals surface area contributed by atoms with Crippen LogP contribution in [0.5, 0.6) is 0 Å². The predicted octanol–water partition coefficient (Wildman–Crippen LogP) is 4.44. The Kier molecular flexibility index (Phi) is 7.38. The van der Waals surface area contributed by atoms with Crippen LogP contribution in [0.2, 0.25) is 0 Å². The van der Waals surface area contributed by atoms with Crippen LogP contribution in [0.3, 0.4) is 0 Å². The second-order valence-corrected chi connectivity index (χ2v) is 9.32. The number of ether oxygens (including phenoxy) is 1. The molecule has 1 heterocycles. The average Bonchev–Trinajstić information content (AvgIpc) is 2.68. The van der Waals surface area contributed by atoms with E-state index in [9.17, 15) is 8.60 Å². The Morgan fingerprint density at radius 1 is 1.07 bits per heavy atom. The van der Waals surface area contributed by atoms with Crippen LogP contribution in [-0.4, -0.2) is 46.2 Å². The number of halogens is 1. The van der Waals surface area contributed by atoms with E-state index >= 15 is 0 Å². The summed E-state index contributed by atoms with van der Waals surface area (Å²) in [5.41, 5.74) is 0.978. The molecule has 28 heavy (non-hydrogen) atoms. The second kappa shape index (κ2) is 9.77. The van der Waals surface area contributed by atoms with Gasteiger partial charge in [0.05, 0.1) is 28.3 Å². The molecule has 0 radical (unpaired) electrons. The van der Waals surface area contributed by atoms with Gasteiger partial charge in [0.2, 0.25) is 0 Å². The maximum atomic E-state index is 13.2. The lowest BCUT2D eigenvalue weighted by Gasteiger charge is -2.42. The molecular formula is C23H30FNO2S. The third-order valence-electron chi connectivity index (χ3n) is 5.28. The monoisotopic (exact) mass is 403 g/mol. The smallest absolute Gasteiger partial charge is 0.123 e. The van der Waals surface area contributed by atoms with Crippen molar-refractivity contribution in [1.29, 1.82) is 0 Å². The molecule has 152 valence electrons. The van der Waals surface area contributed by atoms with Crippen molar-refractivity contribution in [1.82, 2.24) is 4.90 Å². The van der Waals surface area contributed by atoms with Crippen molar-refractivity contribution in [3.05, 3.63) is 66.0 Å². The molecule has 1 atom stereocenters. The van der Waals surface area contributed by atoms with Crippen LogP contribution in [0.1, 0.15) is 32.3 Å². The number of rotatable bonds is 8. The van der Waals surface area contributed by atoms with E-state index in [-0.39, 0.29) is 17.5 Å². The van der Waals surface area contributed by atoms with Gasteiger partial charge >= 0.3 is 0 Å². The highest BCUT2D eigenvalue weighted by atomic mass is 32.2. The van der Waals surface area contributed by atoms with Crippen LogP contribution in [0.4, 0.5) is 4.39 Å². The lowest BCUT2D eigenvalue weighted by Crippen LogP contribution is -2.50. The predicted molar refractivity (Wildman–Crippen MR) is 112 cm³/mol. The van der Waals surface area contributed by atoms with Crippen LogP contribution < -0.4 is 0 Å². The molecule has 1 saturated heterocycles. The topological polar surface area (TPSA) is 29.5 Å². The minimum Gasteiger partial charge on any atom is -0.371 e. The Hall–Kier alpha value is -1.56. The summed E-state index contributed by atoms with van der Waals surface area (Å²) in [6.45, 7) is 6.98. The molecule has 0 amide bonds. The Balaban J connectivity index is 1.59. The molecule has 1 fully saturated rings.